The third kappa shape index (κ3) is 3.93. The Hall–Kier alpha value is -1.72. The molecule has 0 aliphatic carbocycles. The Balaban J connectivity index is 2.05. The summed E-state index contributed by atoms with van der Waals surface area (Å²) in [4.78, 5) is 17.0. The van der Waals surface area contributed by atoms with Crippen LogP contribution < -0.4 is 5.32 Å². The van der Waals surface area contributed by atoms with Crippen molar-refractivity contribution in [3.8, 4) is 0 Å². The lowest BCUT2D eigenvalue weighted by Crippen LogP contribution is -2.43. The normalized spacial score (nSPS) is 15.1. The van der Waals surface area contributed by atoms with E-state index in [4.69, 9.17) is 0 Å². The van der Waals surface area contributed by atoms with Crippen molar-refractivity contribution in [1.29, 1.82) is 0 Å². The van der Waals surface area contributed by atoms with E-state index in [0.29, 0.717) is 17.8 Å². The second-order valence-corrected chi connectivity index (χ2v) is 6.80. The molecular weight excluding hydrogens is 296 g/mol. The number of benzene rings is 1. The van der Waals surface area contributed by atoms with Gasteiger partial charge in [0.1, 0.15) is 4.88 Å². The van der Waals surface area contributed by atoms with Crippen molar-refractivity contribution >= 4 is 17.2 Å². The number of aliphatic hydroxyl groups excluding tert-OH is 1. The highest BCUT2D eigenvalue weighted by atomic mass is 32.1. The lowest BCUT2D eigenvalue weighted by molar-refractivity contribution is 0.0501. The lowest BCUT2D eigenvalue weighted by Gasteiger charge is -2.33. The molecule has 1 aromatic carbocycles. The zero-order valence-electron chi connectivity index (χ0n) is 13.2. The molecule has 4 nitrogen and oxygen atoms in total. The van der Waals surface area contributed by atoms with Crippen molar-refractivity contribution in [3.05, 3.63) is 52.0 Å². The van der Waals surface area contributed by atoms with Crippen LogP contribution in [0.5, 0.6) is 0 Å². The topological polar surface area (TPSA) is 62.2 Å². The third-order valence-electron chi connectivity index (χ3n) is 4.06. The summed E-state index contributed by atoms with van der Waals surface area (Å²) >= 11 is 1.33. The number of hydrogen-bond donors (Lipinski definition) is 2. The van der Waals surface area contributed by atoms with E-state index in [9.17, 15) is 9.90 Å². The van der Waals surface area contributed by atoms with E-state index in [-0.39, 0.29) is 5.91 Å². The van der Waals surface area contributed by atoms with Crippen LogP contribution >= 0.6 is 11.3 Å². The number of carbonyl (C=O) groups is 1. The van der Waals surface area contributed by atoms with Crippen LogP contribution in [-0.4, -0.2) is 28.6 Å². The number of hydrogen-bond acceptors (Lipinski definition) is 4. The maximum Gasteiger partial charge on any atom is 0.263 e. The Morgan fingerprint density at radius 3 is 2.64 bits per heavy atom. The standard InChI is InChI=1S/C17H22N2O2S/c1-12-15(22-11-19-12)16(21)18-10-17(3,13(2)20)9-14-7-5-4-6-8-14/h4-8,11,13,20H,9-10H2,1-3H3,(H,18,21). The van der Waals surface area contributed by atoms with E-state index in [1.807, 2.05) is 44.2 Å². The molecule has 2 N–H and O–H groups in total. The summed E-state index contributed by atoms with van der Waals surface area (Å²) in [5, 5.41) is 13.1. The molecule has 2 unspecified atom stereocenters. The fourth-order valence-corrected chi connectivity index (χ4v) is 3.02. The molecule has 1 aromatic heterocycles. The Morgan fingerprint density at radius 2 is 2.09 bits per heavy atom. The van der Waals surface area contributed by atoms with Crippen LogP contribution in [0.3, 0.4) is 0 Å². The van der Waals surface area contributed by atoms with Crippen LogP contribution in [0.4, 0.5) is 0 Å². The first kappa shape index (κ1) is 16.6. The van der Waals surface area contributed by atoms with E-state index in [0.717, 1.165) is 11.3 Å². The molecule has 0 spiro atoms. The van der Waals surface area contributed by atoms with E-state index >= 15 is 0 Å². The highest BCUT2D eigenvalue weighted by Crippen LogP contribution is 2.26. The van der Waals surface area contributed by atoms with Crippen LogP contribution in [0.2, 0.25) is 0 Å². The summed E-state index contributed by atoms with van der Waals surface area (Å²) in [6, 6.07) is 10.0. The van der Waals surface area contributed by atoms with Crippen LogP contribution in [-0.2, 0) is 6.42 Å². The van der Waals surface area contributed by atoms with Gasteiger partial charge in [-0.1, -0.05) is 37.3 Å². The summed E-state index contributed by atoms with van der Waals surface area (Å²) in [7, 11) is 0. The number of nitrogens with one attached hydrogen (secondary N) is 1. The van der Waals surface area contributed by atoms with Crippen molar-refractivity contribution in [2.24, 2.45) is 5.41 Å². The first-order valence-electron chi connectivity index (χ1n) is 7.32. The van der Waals surface area contributed by atoms with Gasteiger partial charge in [-0.05, 0) is 25.8 Å². The maximum absolute atomic E-state index is 12.2. The summed E-state index contributed by atoms with van der Waals surface area (Å²) in [5.41, 5.74) is 3.14. The summed E-state index contributed by atoms with van der Waals surface area (Å²) < 4.78 is 0. The number of thiazole rings is 1. The average molecular weight is 318 g/mol. The fourth-order valence-electron chi connectivity index (χ4n) is 2.30. The van der Waals surface area contributed by atoms with Crippen molar-refractivity contribution in [2.45, 2.75) is 33.3 Å². The van der Waals surface area contributed by atoms with Gasteiger partial charge in [0.2, 0.25) is 0 Å². The number of aryl methyl sites for hydroxylation is 1. The zero-order chi connectivity index (χ0) is 16.2. The molecule has 0 radical (unpaired) electrons. The molecule has 0 aliphatic rings. The molecule has 0 saturated heterocycles. The van der Waals surface area contributed by atoms with Gasteiger partial charge >= 0.3 is 0 Å². The van der Waals surface area contributed by atoms with Gasteiger partial charge in [0.25, 0.3) is 5.91 Å². The van der Waals surface area contributed by atoms with Crippen LogP contribution in [0.15, 0.2) is 35.8 Å². The molecule has 2 aromatic rings. The SMILES string of the molecule is Cc1ncsc1C(=O)NCC(C)(Cc1ccccc1)C(C)O. The second-order valence-electron chi connectivity index (χ2n) is 5.94. The molecule has 2 atom stereocenters. The second kappa shape index (κ2) is 7.03. The van der Waals surface area contributed by atoms with Crippen LogP contribution in [0, 0.1) is 12.3 Å². The van der Waals surface area contributed by atoms with Gasteiger partial charge in [-0.25, -0.2) is 4.98 Å². The number of aromatic nitrogens is 1. The Bertz CT molecular complexity index is 625. The van der Waals surface area contributed by atoms with E-state index in [1.165, 1.54) is 11.3 Å². The molecule has 22 heavy (non-hydrogen) atoms. The van der Waals surface area contributed by atoms with E-state index in [2.05, 4.69) is 10.3 Å². The summed E-state index contributed by atoms with van der Waals surface area (Å²) in [6.07, 6.45) is 0.170. The zero-order valence-corrected chi connectivity index (χ0v) is 14.0. The minimum Gasteiger partial charge on any atom is -0.393 e. The van der Waals surface area contributed by atoms with Crippen molar-refractivity contribution in [1.82, 2.24) is 10.3 Å². The molecule has 0 fully saturated rings. The van der Waals surface area contributed by atoms with Crippen molar-refractivity contribution < 1.29 is 9.90 Å². The highest BCUT2D eigenvalue weighted by Gasteiger charge is 2.31. The molecule has 118 valence electrons. The van der Waals surface area contributed by atoms with Crippen molar-refractivity contribution in [2.75, 3.05) is 6.54 Å². The molecule has 0 bridgehead atoms. The largest absolute Gasteiger partial charge is 0.393 e. The molecule has 1 heterocycles. The van der Waals surface area contributed by atoms with Gasteiger partial charge in [-0.15, -0.1) is 11.3 Å². The third-order valence-corrected chi connectivity index (χ3v) is 4.99. The Morgan fingerprint density at radius 1 is 1.41 bits per heavy atom. The molecule has 0 aliphatic heterocycles. The van der Waals surface area contributed by atoms with Gasteiger partial charge in [0.05, 0.1) is 17.3 Å². The molecule has 2 rings (SSSR count). The van der Waals surface area contributed by atoms with Crippen LogP contribution in [0.1, 0.15) is 34.8 Å². The molecular formula is C17H22N2O2S. The molecule has 1 amide bonds. The van der Waals surface area contributed by atoms with Crippen LogP contribution in [0.25, 0.3) is 0 Å². The molecule has 0 saturated carbocycles. The number of rotatable bonds is 6. The Kier molecular flexibility index (Phi) is 5.32. The minimum atomic E-state index is -0.532. The molecule has 5 heteroatoms. The van der Waals surface area contributed by atoms with Gasteiger partial charge in [-0.2, -0.15) is 0 Å². The number of aliphatic hydroxyl groups is 1. The lowest BCUT2D eigenvalue weighted by atomic mass is 9.79. The average Bonchev–Trinajstić information content (AvgIpc) is 2.92. The number of carbonyl (C=O) groups excluding carboxylic acids is 1. The fraction of sp³-hybridized carbons (Fsp3) is 0.412. The number of nitrogens with zero attached hydrogens (tertiary/aromatic N) is 1. The summed E-state index contributed by atoms with van der Waals surface area (Å²) in [6.45, 7) is 6.00. The smallest absolute Gasteiger partial charge is 0.263 e. The predicted octanol–water partition coefficient (Wildman–Crippen LogP) is 2.81. The first-order valence-corrected chi connectivity index (χ1v) is 8.20. The minimum absolute atomic E-state index is 0.125. The number of amides is 1. The van der Waals surface area contributed by atoms with Gasteiger partial charge in [0, 0.05) is 12.0 Å². The van der Waals surface area contributed by atoms with Gasteiger partial charge in [0.15, 0.2) is 0 Å². The maximum atomic E-state index is 12.2. The van der Waals surface area contributed by atoms with E-state index < -0.39 is 11.5 Å². The van der Waals surface area contributed by atoms with Gasteiger partial charge in [-0.3, -0.25) is 4.79 Å². The van der Waals surface area contributed by atoms with E-state index in [1.54, 1.807) is 12.4 Å². The quantitative estimate of drug-likeness (QED) is 0.861. The first-order chi connectivity index (χ1) is 10.4. The van der Waals surface area contributed by atoms with Crippen molar-refractivity contribution in [3.63, 3.8) is 0 Å². The monoisotopic (exact) mass is 318 g/mol. The van der Waals surface area contributed by atoms with Gasteiger partial charge < -0.3 is 10.4 Å². The highest BCUT2D eigenvalue weighted by molar-refractivity contribution is 7.11. The summed E-state index contributed by atoms with van der Waals surface area (Å²) in [5.74, 6) is -0.125. The Labute approximate surface area is 135 Å². The predicted molar refractivity (Wildman–Crippen MR) is 89.1 cm³/mol.